The molecule has 0 unspecified atom stereocenters. The Morgan fingerprint density at radius 1 is 0.912 bits per heavy atom. The highest BCUT2D eigenvalue weighted by molar-refractivity contribution is 6.05. The number of aryl methyl sites for hydroxylation is 1. The lowest BCUT2D eigenvalue weighted by molar-refractivity contribution is 0.102. The number of fused-ring (bicyclic) bond motifs is 1. The molecule has 1 N–H and O–H groups in total. The van der Waals surface area contributed by atoms with E-state index in [-0.39, 0.29) is 5.91 Å². The molecule has 0 aliphatic rings. The number of carbonyl (C=O) groups is 1. The Morgan fingerprint density at radius 2 is 1.62 bits per heavy atom. The summed E-state index contributed by atoms with van der Waals surface area (Å²) in [6, 6.07) is 16.6. The monoisotopic (exact) mass is 460 g/mol. The summed E-state index contributed by atoms with van der Waals surface area (Å²) in [6.45, 7) is 8.96. The Kier molecular flexibility index (Phi) is 7.01. The molecule has 0 spiro atoms. The molecule has 1 heterocycles. The number of oxazole rings is 1. The first-order chi connectivity index (χ1) is 16.5. The fraction of sp³-hybridized carbons (Fsp3) is 0.259. The van der Waals surface area contributed by atoms with Gasteiger partial charge < -0.3 is 23.9 Å². The highest BCUT2D eigenvalue weighted by Crippen LogP contribution is 2.39. The fourth-order valence-corrected chi connectivity index (χ4v) is 3.61. The average Bonchev–Trinajstić information content (AvgIpc) is 3.25. The van der Waals surface area contributed by atoms with Crippen LogP contribution in [0.15, 0.2) is 59.0 Å². The zero-order chi connectivity index (χ0) is 24.1. The number of nitrogens with one attached hydrogen (secondary N) is 1. The average molecular weight is 461 g/mol. The molecular weight excluding hydrogens is 432 g/mol. The lowest BCUT2D eigenvalue weighted by Gasteiger charge is -2.17. The van der Waals surface area contributed by atoms with Crippen LogP contribution in [0, 0.1) is 6.92 Å². The molecule has 4 rings (SSSR count). The van der Waals surface area contributed by atoms with E-state index in [0.717, 1.165) is 22.2 Å². The van der Waals surface area contributed by atoms with Crippen molar-refractivity contribution in [2.75, 3.05) is 25.1 Å². The third-order valence-electron chi connectivity index (χ3n) is 5.08. The van der Waals surface area contributed by atoms with Crippen LogP contribution >= 0.6 is 0 Å². The van der Waals surface area contributed by atoms with Crippen molar-refractivity contribution >= 4 is 22.7 Å². The van der Waals surface area contributed by atoms with E-state index in [1.807, 2.05) is 70.2 Å². The maximum atomic E-state index is 13.1. The Morgan fingerprint density at radius 3 is 2.29 bits per heavy atom. The minimum Gasteiger partial charge on any atom is -0.490 e. The molecule has 1 aromatic heterocycles. The quantitative estimate of drug-likeness (QED) is 0.318. The highest BCUT2D eigenvalue weighted by Gasteiger charge is 2.19. The maximum Gasteiger partial charge on any atom is 0.255 e. The zero-order valence-corrected chi connectivity index (χ0v) is 19.8. The topological polar surface area (TPSA) is 82.8 Å². The SMILES string of the molecule is CCOc1cc(C(=O)Nc2cccc(-c3nc4ccc(C)cc4o3)c2)cc(OCC)c1OCC. The number of nitrogens with zero attached hydrogens (tertiary/aromatic N) is 1. The molecule has 1 amide bonds. The standard InChI is InChI=1S/C27H28N2O5/c1-5-31-23-15-19(16-24(32-6-2)25(23)33-7-3)26(30)28-20-10-8-9-18(14-20)27-29-21-12-11-17(4)13-22(21)34-27/h8-16H,5-7H2,1-4H3,(H,28,30). The second kappa shape index (κ2) is 10.3. The van der Waals surface area contributed by atoms with Gasteiger partial charge in [-0.2, -0.15) is 0 Å². The van der Waals surface area contributed by atoms with Crippen LogP contribution in [0.2, 0.25) is 0 Å². The molecule has 4 aromatic rings. The van der Waals surface area contributed by atoms with E-state index in [1.54, 1.807) is 12.1 Å². The number of hydrogen-bond acceptors (Lipinski definition) is 6. The number of amides is 1. The summed E-state index contributed by atoms with van der Waals surface area (Å²) in [5.74, 6) is 1.63. The molecule has 176 valence electrons. The van der Waals surface area contributed by atoms with Gasteiger partial charge in [0.15, 0.2) is 17.1 Å². The van der Waals surface area contributed by atoms with Gasteiger partial charge in [0.1, 0.15) is 5.52 Å². The number of ether oxygens (including phenoxy) is 3. The van der Waals surface area contributed by atoms with Gasteiger partial charge in [0.25, 0.3) is 5.91 Å². The number of rotatable bonds is 9. The van der Waals surface area contributed by atoms with Crippen LogP contribution in [-0.2, 0) is 0 Å². The third kappa shape index (κ3) is 4.98. The second-order valence-corrected chi connectivity index (χ2v) is 7.63. The minimum absolute atomic E-state index is 0.296. The van der Waals surface area contributed by atoms with Gasteiger partial charge in [-0.25, -0.2) is 4.98 Å². The van der Waals surface area contributed by atoms with Crippen molar-refractivity contribution in [1.29, 1.82) is 0 Å². The van der Waals surface area contributed by atoms with Gasteiger partial charge in [-0.15, -0.1) is 0 Å². The van der Waals surface area contributed by atoms with Crippen molar-refractivity contribution in [3.05, 3.63) is 65.7 Å². The molecule has 0 aliphatic carbocycles. The first kappa shape index (κ1) is 23.2. The summed E-state index contributed by atoms with van der Waals surface area (Å²) < 4.78 is 23.1. The second-order valence-electron chi connectivity index (χ2n) is 7.63. The summed E-state index contributed by atoms with van der Waals surface area (Å²) in [7, 11) is 0. The lowest BCUT2D eigenvalue weighted by Crippen LogP contribution is -2.13. The van der Waals surface area contributed by atoms with Crippen molar-refractivity contribution < 1.29 is 23.4 Å². The Balaban J connectivity index is 1.62. The van der Waals surface area contributed by atoms with Crippen molar-refractivity contribution in [2.45, 2.75) is 27.7 Å². The van der Waals surface area contributed by atoms with Crippen molar-refractivity contribution in [1.82, 2.24) is 4.98 Å². The van der Waals surface area contributed by atoms with E-state index >= 15 is 0 Å². The van der Waals surface area contributed by atoms with Gasteiger partial charge in [-0.1, -0.05) is 12.1 Å². The summed E-state index contributed by atoms with van der Waals surface area (Å²) in [6.07, 6.45) is 0. The smallest absolute Gasteiger partial charge is 0.255 e. The van der Waals surface area contributed by atoms with Crippen molar-refractivity contribution in [3.63, 3.8) is 0 Å². The Bertz CT molecular complexity index is 1280. The summed E-state index contributed by atoms with van der Waals surface area (Å²) in [4.78, 5) is 17.7. The molecule has 0 bridgehead atoms. The van der Waals surface area contributed by atoms with Gasteiger partial charge in [-0.3, -0.25) is 4.79 Å². The molecule has 0 saturated carbocycles. The van der Waals surface area contributed by atoms with E-state index in [1.165, 1.54) is 0 Å². The predicted molar refractivity (Wildman–Crippen MR) is 132 cm³/mol. The molecule has 0 aliphatic heterocycles. The van der Waals surface area contributed by atoms with E-state index in [2.05, 4.69) is 10.3 Å². The van der Waals surface area contributed by atoms with E-state index in [9.17, 15) is 4.79 Å². The molecule has 0 fully saturated rings. The van der Waals surface area contributed by atoms with Crippen molar-refractivity contribution in [2.24, 2.45) is 0 Å². The van der Waals surface area contributed by atoms with Crippen LogP contribution in [0.1, 0.15) is 36.7 Å². The minimum atomic E-state index is -0.296. The maximum absolute atomic E-state index is 13.1. The molecule has 3 aromatic carbocycles. The summed E-state index contributed by atoms with van der Waals surface area (Å²) >= 11 is 0. The number of hydrogen-bond donors (Lipinski definition) is 1. The van der Waals surface area contributed by atoms with Crippen LogP contribution < -0.4 is 19.5 Å². The highest BCUT2D eigenvalue weighted by atomic mass is 16.5. The number of carbonyl (C=O) groups excluding carboxylic acids is 1. The van der Waals surface area contributed by atoms with Crippen LogP contribution in [0.5, 0.6) is 17.2 Å². The molecule has 0 saturated heterocycles. The predicted octanol–water partition coefficient (Wildman–Crippen LogP) is 6.25. The van der Waals surface area contributed by atoms with Crippen LogP contribution in [0.25, 0.3) is 22.6 Å². The van der Waals surface area contributed by atoms with Crippen LogP contribution in [0.3, 0.4) is 0 Å². The van der Waals surface area contributed by atoms with E-state index in [4.69, 9.17) is 18.6 Å². The van der Waals surface area contributed by atoms with Gasteiger partial charge in [0.2, 0.25) is 11.6 Å². The van der Waals surface area contributed by atoms with E-state index in [0.29, 0.717) is 54.2 Å². The van der Waals surface area contributed by atoms with E-state index < -0.39 is 0 Å². The Hall–Kier alpha value is -4.00. The first-order valence-electron chi connectivity index (χ1n) is 11.4. The molecule has 34 heavy (non-hydrogen) atoms. The largest absolute Gasteiger partial charge is 0.490 e. The molecule has 7 heteroatoms. The molecule has 7 nitrogen and oxygen atoms in total. The third-order valence-corrected chi connectivity index (χ3v) is 5.08. The fourth-order valence-electron chi connectivity index (χ4n) is 3.61. The molecular formula is C27H28N2O5. The lowest BCUT2D eigenvalue weighted by atomic mass is 10.1. The normalized spacial score (nSPS) is 10.8. The van der Waals surface area contributed by atoms with Gasteiger partial charge in [-0.05, 0) is 75.7 Å². The molecule has 0 atom stereocenters. The van der Waals surface area contributed by atoms with Gasteiger partial charge in [0.05, 0.1) is 19.8 Å². The van der Waals surface area contributed by atoms with Gasteiger partial charge in [0, 0.05) is 16.8 Å². The number of aromatic nitrogens is 1. The Labute approximate surface area is 198 Å². The summed E-state index contributed by atoms with van der Waals surface area (Å²) in [5, 5.41) is 2.94. The van der Waals surface area contributed by atoms with Crippen LogP contribution in [0.4, 0.5) is 5.69 Å². The zero-order valence-electron chi connectivity index (χ0n) is 19.8. The number of anilines is 1. The van der Waals surface area contributed by atoms with Crippen LogP contribution in [-0.4, -0.2) is 30.7 Å². The molecule has 0 radical (unpaired) electrons. The summed E-state index contributed by atoms with van der Waals surface area (Å²) in [5.41, 5.74) is 4.40. The van der Waals surface area contributed by atoms with Crippen molar-refractivity contribution in [3.8, 4) is 28.7 Å². The number of benzene rings is 3. The first-order valence-corrected chi connectivity index (χ1v) is 11.4. The van der Waals surface area contributed by atoms with Gasteiger partial charge >= 0.3 is 0 Å².